The Morgan fingerprint density at radius 2 is 2.29 bits per heavy atom. The second kappa shape index (κ2) is 5.10. The van der Waals surface area contributed by atoms with Crippen LogP contribution in [0.3, 0.4) is 0 Å². The van der Waals surface area contributed by atoms with Crippen LogP contribution >= 0.6 is 0 Å². The third-order valence-corrected chi connectivity index (χ3v) is 3.68. The predicted molar refractivity (Wildman–Crippen MR) is 72.8 cm³/mol. The van der Waals surface area contributed by atoms with Gasteiger partial charge in [0.05, 0.1) is 12.0 Å². The number of aromatic nitrogens is 5. The molecule has 1 aliphatic rings. The molecule has 2 atom stereocenters. The summed E-state index contributed by atoms with van der Waals surface area (Å²) in [6.45, 7) is 7.35. The lowest BCUT2D eigenvalue weighted by Gasteiger charge is -2.29. The first-order valence-electron chi connectivity index (χ1n) is 6.99. The van der Waals surface area contributed by atoms with Crippen LogP contribution in [0, 0.1) is 5.41 Å². The highest BCUT2D eigenvalue weighted by Gasteiger charge is 2.40. The number of ether oxygens (including phenoxy) is 1. The molecular weight excluding hydrogens is 274 g/mol. The Hall–Kier alpha value is -1.96. The number of aromatic amines is 1. The molecule has 114 valence electrons. The monoisotopic (exact) mass is 293 g/mol. The molecule has 21 heavy (non-hydrogen) atoms. The van der Waals surface area contributed by atoms with Gasteiger partial charge in [0.1, 0.15) is 12.9 Å². The lowest BCUT2D eigenvalue weighted by atomic mass is 9.81. The van der Waals surface area contributed by atoms with Crippen LogP contribution in [-0.4, -0.2) is 37.6 Å². The van der Waals surface area contributed by atoms with Crippen molar-refractivity contribution < 1.29 is 9.26 Å². The van der Waals surface area contributed by atoms with Gasteiger partial charge in [0.2, 0.25) is 5.89 Å². The van der Waals surface area contributed by atoms with Crippen LogP contribution in [0.2, 0.25) is 0 Å². The summed E-state index contributed by atoms with van der Waals surface area (Å²) in [5.74, 6) is 1.18. The molecule has 2 aromatic heterocycles. The summed E-state index contributed by atoms with van der Waals surface area (Å²) in [4.78, 5) is 15.8. The van der Waals surface area contributed by atoms with Crippen molar-refractivity contribution in [1.29, 1.82) is 0 Å². The molecule has 1 N–H and O–H groups in total. The van der Waals surface area contributed by atoms with E-state index in [9.17, 15) is 4.79 Å². The average Bonchev–Trinajstić information content (AvgIpc) is 3.10. The van der Waals surface area contributed by atoms with Crippen LogP contribution in [0.5, 0.6) is 0 Å². The van der Waals surface area contributed by atoms with E-state index in [4.69, 9.17) is 9.26 Å². The highest BCUT2D eigenvalue weighted by Crippen LogP contribution is 2.39. The average molecular weight is 293 g/mol. The van der Waals surface area contributed by atoms with Crippen molar-refractivity contribution in [3.63, 3.8) is 0 Å². The molecule has 0 spiro atoms. The van der Waals surface area contributed by atoms with Crippen molar-refractivity contribution in [2.75, 3.05) is 6.61 Å². The summed E-state index contributed by atoms with van der Waals surface area (Å²) in [5, 5.41) is 10.0. The van der Waals surface area contributed by atoms with Gasteiger partial charge in [0.15, 0.2) is 5.82 Å². The first-order valence-corrected chi connectivity index (χ1v) is 6.99. The quantitative estimate of drug-likeness (QED) is 0.903. The predicted octanol–water partition coefficient (Wildman–Crippen LogP) is 0.921. The molecule has 0 bridgehead atoms. The second-order valence-electron chi connectivity index (χ2n) is 6.39. The van der Waals surface area contributed by atoms with Crippen LogP contribution in [0.4, 0.5) is 0 Å². The lowest BCUT2D eigenvalue weighted by molar-refractivity contribution is 0.0193. The largest absolute Gasteiger partial charge is 0.377 e. The van der Waals surface area contributed by atoms with E-state index in [-0.39, 0.29) is 29.7 Å². The Balaban J connectivity index is 1.79. The van der Waals surface area contributed by atoms with Crippen LogP contribution in [-0.2, 0) is 11.3 Å². The van der Waals surface area contributed by atoms with Crippen LogP contribution < -0.4 is 5.69 Å². The zero-order valence-electron chi connectivity index (χ0n) is 12.4. The first-order chi connectivity index (χ1) is 9.95. The fourth-order valence-electron chi connectivity index (χ4n) is 2.72. The Morgan fingerprint density at radius 3 is 2.95 bits per heavy atom. The maximum atomic E-state index is 11.4. The van der Waals surface area contributed by atoms with E-state index < -0.39 is 0 Å². The number of hydrogen-bond acceptors (Lipinski definition) is 6. The van der Waals surface area contributed by atoms with Gasteiger partial charge >= 0.3 is 5.69 Å². The smallest absolute Gasteiger partial charge is 0.343 e. The number of rotatable bonds is 3. The molecule has 1 fully saturated rings. The summed E-state index contributed by atoms with van der Waals surface area (Å²) in [6.07, 6.45) is 2.36. The van der Waals surface area contributed by atoms with Crippen molar-refractivity contribution in [3.8, 4) is 0 Å². The molecule has 8 nitrogen and oxygen atoms in total. The summed E-state index contributed by atoms with van der Waals surface area (Å²) in [7, 11) is 0. The summed E-state index contributed by atoms with van der Waals surface area (Å²) in [5.41, 5.74) is -0.282. The van der Waals surface area contributed by atoms with Gasteiger partial charge in [-0.05, 0) is 11.8 Å². The van der Waals surface area contributed by atoms with Crippen molar-refractivity contribution in [1.82, 2.24) is 24.9 Å². The molecule has 2 aromatic rings. The normalized spacial score (nSPS) is 22.8. The van der Waals surface area contributed by atoms with E-state index >= 15 is 0 Å². The number of hydrogen-bond donors (Lipinski definition) is 1. The van der Waals surface area contributed by atoms with Gasteiger partial charge in [-0.25, -0.2) is 9.89 Å². The van der Waals surface area contributed by atoms with E-state index in [1.165, 1.54) is 10.9 Å². The number of H-pyrrole nitrogens is 1. The van der Waals surface area contributed by atoms with Crippen molar-refractivity contribution >= 4 is 0 Å². The minimum Gasteiger partial charge on any atom is -0.377 e. The van der Waals surface area contributed by atoms with E-state index in [2.05, 4.69) is 41.1 Å². The Labute approximate surface area is 121 Å². The third-order valence-electron chi connectivity index (χ3n) is 3.68. The SMILES string of the molecule is CC(C)(C)[C@H]1OCC[C@@H]1c1noc(Cn2cn[nH]c2=O)n1. The number of nitrogens with one attached hydrogen (secondary N) is 1. The van der Waals surface area contributed by atoms with Crippen molar-refractivity contribution in [2.24, 2.45) is 5.41 Å². The van der Waals surface area contributed by atoms with Gasteiger partial charge in [-0.15, -0.1) is 0 Å². The van der Waals surface area contributed by atoms with E-state index in [0.29, 0.717) is 18.3 Å². The van der Waals surface area contributed by atoms with Crippen LogP contribution in [0.25, 0.3) is 0 Å². The topological polar surface area (TPSA) is 98.8 Å². The molecule has 0 unspecified atom stereocenters. The summed E-state index contributed by atoms with van der Waals surface area (Å²) in [6, 6.07) is 0. The van der Waals surface area contributed by atoms with Gasteiger partial charge in [-0.2, -0.15) is 10.1 Å². The fourth-order valence-corrected chi connectivity index (χ4v) is 2.72. The van der Waals surface area contributed by atoms with E-state index in [1.54, 1.807) is 0 Å². The van der Waals surface area contributed by atoms with E-state index in [0.717, 1.165) is 6.42 Å². The minimum absolute atomic E-state index is 0.0173. The highest BCUT2D eigenvalue weighted by molar-refractivity contribution is 5.05. The summed E-state index contributed by atoms with van der Waals surface area (Å²) >= 11 is 0. The molecule has 0 aliphatic carbocycles. The van der Waals surface area contributed by atoms with Gasteiger partial charge < -0.3 is 9.26 Å². The zero-order valence-corrected chi connectivity index (χ0v) is 12.4. The number of nitrogens with zero attached hydrogens (tertiary/aromatic N) is 4. The molecule has 3 rings (SSSR count). The molecular formula is C13H19N5O3. The highest BCUT2D eigenvalue weighted by atomic mass is 16.5. The van der Waals surface area contributed by atoms with Gasteiger partial charge in [-0.3, -0.25) is 4.57 Å². The lowest BCUT2D eigenvalue weighted by Crippen LogP contribution is -2.30. The van der Waals surface area contributed by atoms with Crippen LogP contribution in [0.15, 0.2) is 15.6 Å². The molecule has 0 saturated carbocycles. The fraction of sp³-hybridized carbons (Fsp3) is 0.692. The van der Waals surface area contributed by atoms with Gasteiger partial charge in [0, 0.05) is 6.61 Å². The minimum atomic E-state index is -0.300. The Bertz CT molecular complexity index is 666. The van der Waals surface area contributed by atoms with E-state index in [1.807, 2.05) is 0 Å². The van der Waals surface area contributed by atoms with Gasteiger partial charge in [0.25, 0.3) is 0 Å². The maximum absolute atomic E-state index is 11.4. The molecule has 1 aliphatic heterocycles. The maximum Gasteiger partial charge on any atom is 0.343 e. The first kappa shape index (κ1) is 14.0. The molecule has 3 heterocycles. The summed E-state index contributed by atoms with van der Waals surface area (Å²) < 4.78 is 12.5. The third kappa shape index (κ3) is 2.76. The zero-order chi connectivity index (χ0) is 15.0. The standard InChI is InChI=1S/C13H19N5O3/c1-13(2,3)10-8(4-5-20-10)11-15-9(21-17-11)6-18-7-14-16-12(18)19/h7-8,10H,4-6H2,1-3H3,(H,16,19)/t8-,10-/m0/s1. The molecule has 0 amide bonds. The Kier molecular flexibility index (Phi) is 3.40. The second-order valence-corrected chi connectivity index (χ2v) is 6.39. The molecule has 0 aromatic carbocycles. The molecule has 8 heteroatoms. The Morgan fingerprint density at radius 1 is 1.48 bits per heavy atom. The molecule has 0 radical (unpaired) electrons. The van der Waals surface area contributed by atoms with Crippen LogP contribution in [0.1, 0.15) is 44.8 Å². The van der Waals surface area contributed by atoms with Gasteiger partial charge in [-0.1, -0.05) is 25.9 Å². The molecule has 1 saturated heterocycles. The van der Waals surface area contributed by atoms with Crippen molar-refractivity contribution in [3.05, 3.63) is 28.5 Å². The van der Waals surface area contributed by atoms with Crippen molar-refractivity contribution in [2.45, 2.75) is 45.8 Å².